The van der Waals surface area contributed by atoms with E-state index in [1.165, 1.54) is 0 Å². The molecular formula is C49H69IN2O6S2. The molecule has 2 aliphatic rings. The Morgan fingerprint density at radius 2 is 1.02 bits per heavy atom. The van der Waals surface area contributed by atoms with Crippen molar-refractivity contribution in [2.75, 3.05) is 51.6 Å². The van der Waals surface area contributed by atoms with Gasteiger partial charge in [0.1, 0.15) is 5.69 Å². The predicted molar refractivity (Wildman–Crippen MR) is 244 cm³/mol. The first-order chi connectivity index (χ1) is 27.8. The molecule has 4 aromatic carbocycles. The van der Waals surface area contributed by atoms with Crippen LogP contribution in [0.3, 0.4) is 0 Å². The maximum Gasteiger partial charge on any atom is 0.179 e. The monoisotopic (exact) mass is 972 g/mol. The molecule has 0 saturated heterocycles. The number of sulfone groups is 2. The molecule has 0 saturated carbocycles. The van der Waals surface area contributed by atoms with E-state index in [-0.39, 0.29) is 47.3 Å². The molecule has 0 bridgehead atoms. The fourth-order valence-corrected chi connectivity index (χ4v) is 14.0. The molecule has 0 unspecified atom stereocenters. The van der Waals surface area contributed by atoms with Gasteiger partial charge >= 0.3 is 0 Å². The number of fused-ring (bicyclic) bond motifs is 2. The van der Waals surface area contributed by atoms with Gasteiger partial charge in [0.05, 0.1) is 54.6 Å². The maximum atomic E-state index is 13.6. The van der Waals surface area contributed by atoms with Crippen molar-refractivity contribution in [3.05, 3.63) is 119 Å². The fourth-order valence-electron chi connectivity index (χ4n) is 9.47. The normalized spacial score (nSPS) is 25.5. The molecule has 2 heterocycles. The van der Waals surface area contributed by atoms with Crippen molar-refractivity contribution in [2.24, 2.45) is 10.8 Å². The molecule has 0 spiro atoms. The zero-order valence-corrected chi connectivity index (χ0v) is 41.0. The topological polar surface area (TPSA) is 112 Å². The minimum absolute atomic E-state index is 0. The lowest BCUT2D eigenvalue weighted by atomic mass is 9.69. The Labute approximate surface area is 378 Å². The van der Waals surface area contributed by atoms with Gasteiger partial charge in [0.2, 0.25) is 0 Å². The second kappa shape index (κ2) is 20.1. The number of rotatable bonds is 12. The zero-order valence-electron chi connectivity index (χ0n) is 37.2. The average Bonchev–Trinajstić information content (AvgIpc) is 3.33. The number of aliphatic hydroxyl groups is 2. The Morgan fingerprint density at radius 1 is 0.617 bits per heavy atom. The number of nitrogens with zero attached hydrogens (tertiary/aromatic N) is 2. The van der Waals surface area contributed by atoms with Crippen molar-refractivity contribution in [3.8, 4) is 0 Å². The van der Waals surface area contributed by atoms with Gasteiger partial charge in [-0.3, -0.25) is 4.48 Å². The van der Waals surface area contributed by atoms with Gasteiger partial charge < -0.3 is 39.1 Å². The van der Waals surface area contributed by atoms with E-state index >= 15 is 0 Å². The summed E-state index contributed by atoms with van der Waals surface area (Å²) in [6.07, 6.45) is 4.90. The third kappa shape index (κ3) is 10.3. The number of benzene rings is 4. The van der Waals surface area contributed by atoms with Crippen molar-refractivity contribution in [2.45, 2.75) is 113 Å². The molecule has 60 heavy (non-hydrogen) atoms. The van der Waals surface area contributed by atoms with Gasteiger partial charge in [0, 0.05) is 54.6 Å². The molecule has 0 fully saturated rings. The quantitative estimate of drug-likeness (QED) is 0.126. The highest BCUT2D eigenvalue weighted by molar-refractivity contribution is 7.91. The number of anilines is 1. The van der Waals surface area contributed by atoms with Crippen LogP contribution in [0, 0.1) is 10.8 Å². The lowest BCUT2D eigenvalue weighted by Crippen LogP contribution is -3.00. The van der Waals surface area contributed by atoms with Gasteiger partial charge in [0.15, 0.2) is 19.7 Å². The predicted octanol–water partition coefficient (Wildman–Crippen LogP) is 6.37. The van der Waals surface area contributed by atoms with Crippen LogP contribution in [0.4, 0.5) is 11.4 Å². The largest absolute Gasteiger partial charge is 1.00 e. The lowest BCUT2D eigenvalue weighted by molar-refractivity contribution is -0.0000252. The van der Waals surface area contributed by atoms with E-state index in [4.69, 9.17) is 0 Å². The Bertz CT molecular complexity index is 2250. The van der Waals surface area contributed by atoms with Crippen LogP contribution >= 0.6 is 0 Å². The smallest absolute Gasteiger partial charge is 0.179 e. The highest BCUT2D eigenvalue weighted by Crippen LogP contribution is 2.51. The Hall–Kier alpha value is -2.81. The van der Waals surface area contributed by atoms with E-state index in [1.54, 1.807) is 12.1 Å². The van der Waals surface area contributed by atoms with Crippen molar-refractivity contribution in [3.63, 3.8) is 0 Å². The number of hydrogen-bond donors (Lipinski definition) is 2. The third-order valence-electron chi connectivity index (χ3n) is 13.2. The van der Waals surface area contributed by atoms with Gasteiger partial charge in [-0.15, -0.1) is 0 Å². The van der Waals surface area contributed by atoms with E-state index in [2.05, 4.69) is 35.0 Å². The number of aliphatic hydroxyl groups excluding tert-OH is 2. The first kappa shape index (κ1) is 49.8. The van der Waals surface area contributed by atoms with Crippen LogP contribution in [0.5, 0.6) is 0 Å². The molecule has 0 aromatic heterocycles. The highest BCUT2D eigenvalue weighted by atomic mass is 127. The second-order valence-corrected chi connectivity index (χ2v) is 22.1. The van der Waals surface area contributed by atoms with E-state index in [0.29, 0.717) is 45.5 Å². The van der Waals surface area contributed by atoms with Crippen LogP contribution in [0.2, 0.25) is 0 Å². The molecule has 2 N–H and O–H groups in total. The summed E-state index contributed by atoms with van der Waals surface area (Å²) in [6.45, 7) is 8.24. The summed E-state index contributed by atoms with van der Waals surface area (Å²) in [7, 11) is 3.03. The Balaban J connectivity index is 0.000000260. The average molecular weight is 973 g/mol. The fraction of sp³-hybridized carbons (Fsp3) is 0.510. The number of quaternary nitrogens is 1. The molecule has 4 aromatic rings. The van der Waals surface area contributed by atoms with Gasteiger partial charge in [0.25, 0.3) is 0 Å². The highest BCUT2D eigenvalue weighted by Gasteiger charge is 2.50. The Morgan fingerprint density at radius 3 is 1.38 bits per heavy atom. The van der Waals surface area contributed by atoms with Crippen molar-refractivity contribution < 1.29 is 51.0 Å². The number of halogens is 1. The Kier molecular flexibility index (Phi) is 16.7. The van der Waals surface area contributed by atoms with Crippen LogP contribution in [-0.2, 0) is 19.7 Å². The van der Waals surface area contributed by atoms with E-state index in [0.717, 1.165) is 53.7 Å². The van der Waals surface area contributed by atoms with E-state index in [9.17, 15) is 27.0 Å². The molecule has 8 nitrogen and oxygen atoms in total. The SMILES string of the molecule is CCCC[C@]1(CC)CS(=O)(=O)c2ccc(N(C)C)cc2[C@@H](c2ccccc2)[C@H]1O.CCCC[C@]1(CC)CS(=O)(=O)c2ccc([N+](C)(C)C)cc2[C@@H](c2ccccc2)[C@H]1O.[I-]. The molecular weight excluding hydrogens is 904 g/mol. The van der Waals surface area contributed by atoms with Crippen molar-refractivity contribution in [1.82, 2.24) is 4.48 Å². The molecule has 0 aliphatic carbocycles. The van der Waals surface area contributed by atoms with Crippen molar-refractivity contribution in [1.29, 1.82) is 0 Å². The van der Waals surface area contributed by atoms with Crippen molar-refractivity contribution >= 4 is 31.0 Å². The number of hydrogen-bond acceptors (Lipinski definition) is 7. The van der Waals surface area contributed by atoms with Gasteiger partial charge in [-0.25, -0.2) is 16.8 Å². The van der Waals surface area contributed by atoms with Gasteiger partial charge in [-0.1, -0.05) is 114 Å². The lowest BCUT2D eigenvalue weighted by Gasteiger charge is -2.39. The summed E-state index contributed by atoms with van der Waals surface area (Å²) in [5.41, 5.74) is 4.00. The molecule has 6 atom stereocenters. The van der Waals surface area contributed by atoms with Crippen LogP contribution < -0.4 is 33.4 Å². The third-order valence-corrected chi connectivity index (χ3v) is 17.2. The van der Waals surface area contributed by atoms with Gasteiger partial charge in [-0.05, 0) is 72.2 Å². The zero-order chi connectivity index (χ0) is 43.4. The molecule has 330 valence electrons. The molecule has 6 rings (SSSR count). The number of unbranched alkanes of at least 4 members (excludes halogenated alkanes) is 2. The standard InChI is InChI=1S/C25H36NO3S.C24H33NO3S.HI/c1-6-8-16-25(7-2)18-30(28,29)22-15-14-20(26(3,4)5)17-21(22)23(24(25)27)19-12-10-9-11-13-19;1-5-7-15-24(6-2)17-29(27,28)21-14-13-19(25(3)4)16-20(21)22(23(24)26)18-11-9-8-10-12-18;/h9-15,17,23-24,27H,6-8,16,18H2,1-5H3;8-14,16,22-23,26H,5-7,15,17H2,1-4H3;1H/q+1;;/p-1/t23-,24-,25-;22-,23-,24-;/m11./s1. The summed E-state index contributed by atoms with van der Waals surface area (Å²) < 4.78 is 54.8. The van der Waals surface area contributed by atoms with Crippen LogP contribution in [0.15, 0.2) is 107 Å². The summed E-state index contributed by atoms with van der Waals surface area (Å²) in [4.78, 5) is 2.71. The van der Waals surface area contributed by atoms with E-state index < -0.39 is 42.7 Å². The second-order valence-electron chi connectivity index (χ2n) is 18.2. The minimum atomic E-state index is -3.53. The van der Waals surface area contributed by atoms with Crippen LogP contribution in [0.25, 0.3) is 0 Å². The van der Waals surface area contributed by atoms with Crippen LogP contribution in [0.1, 0.15) is 113 Å². The maximum absolute atomic E-state index is 13.6. The molecule has 2 aliphatic heterocycles. The summed E-state index contributed by atoms with van der Waals surface area (Å²) in [5.74, 6) is -0.755. The molecule has 0 radical (unpaired) electrons. The summed E-state index contributed by atoms with van der Waals surface area (Å²) >= 11 is 0. The van der Waals surface area contributed by atoms with Gasteiger partial charge in [-0.2, -0.15) is 0 Å². The van der Waals surface area contributed by atoms with E-state index in [1.807, 2.05) is 118 Å². The summed E-state index contributed by atoms with van der Waals surface area (Å²) in [5, 5.41) is 23.6. The molecule has 11 heteroatoms. The molecule has 0 amide bonds. The summed E-state index contributed by atoms with van der Waals surface area (Å²) in [6, 6.07) is 31.0. The first-order valence-corrected chi connectivity index (χ1v) is 24.8. The minimum Gasteiger partial charge on any atom is -1.00 e. The van der Waals surface area contributed by atoms with Crippen LogP contribution in [-0.4, -0.2) is 86.0 Å². The first-order valence-electron chi connectivity index (χ1n) is 21.5.